The number of hydrogen-bond donors (Lipinski definition) is 0. The van der Waals surface area contributed by atoms with Gasteiger partial charge in [-0.25, -0.2) is 0 Å². The summed E-state index contributed by atoms with van der Waals surface area (Å²) in [5.41, 5.74) is 1.62. The topological polar surface area (TPSA) is 27.0 Å². The number of benzene rings is 2. The quantitative estimate of drug-likeness (QED) is 0.407. The van der Waals surface area contributed by atoms with Crippen molar-refractivity contribution in [2.45, 2.75) is 56.8 Å². The fourth-order valence-corrected chi connectivity index (χ4v) is 5.69. The zero-order valence-corrected chi connectivity index (χ0v) is 19.4. The zero-order valence-electron chi connectivity index (χ0n) is 17.9. The average Bonchev–Trinajstić information content (AvgIpc) is 2.77. The molecule has 0 bridgehead atoms. The van der Waals surface area contributed by atoms with Crippen molar-refractivity contribution in [2.24, 2.45) is 5.92 Å². The Morgan fingerprint density at radius 1 is 0.967 bits per heavy atom. The molecule has 0 spiro atoms. The molecule has 30 heavy (non-hydrogen) atoms. The molecule has 1 unspecified atom stereocenters. The van der Waals surface area contributed by atoms with E-state index in [9.17, 15) is 5.26 Å². The van der Waals surface area contributed by atoms with Crippen LogP contribution in [0.3, 0.4) is 0 Å². The largest absolute Gasteiger partial charge is 0.306 e. The predicted molar refractivity (Wildman–Crippen MR) is 127 cm³/mol. The second kappa shape index (κ2) is 11.2. The normalized spacial score (nSPS) is 16.9. The zero-order chi connectivity index (χ0) is 21.4. The molecular formula is C26H32Cl2N2. The number of nitrogens with zero attached hydrogens (tertiary/aromatic N) is 2. The Labute approximate surface area is 191 Å². The highest BCUT2D eigenvalue weighted by Crippen LogP contribution is 2.48. The molecule has 0 saturated heterocycles. The maximum Gasteiger partial charge on any atom is 0.0879 e. The van der Waals surface area contributed by atoms with Gasteiger partial charge in [0.1, 0.15) is 0 Å². The fourth-order valence-electron chi connectivity index (χ4n) is 4.96. The fraction of sp³-hybridized carbons (Fsp3) is 0.500. The van der Waals surface area contributed by atoms with Crippen LogP contribution in [-0.2, 0) is 11.8 Å². The molecule has 3 rings (SSSR count). The minimum absolute atomic E-state index is 0.322. The lowest BCUT2D eigenvalue weighted by Gasteiger charge is -2.39. The van der Waals surface area contributed by atoms with E-state index in [2.05, 4.69) is 48.3 Å². The molecule has 0 aromatic heterocycles. The van der Waals surface area contributed by atoms with Gasteiger partial charge in [-0.1, -0.05) is 78.9 Å². The number of hydrogen-bond acceptors (Lipinski definition) is 2. The molecule has 1 aliphatic carbocycles. The monoisotopic (exact) mass is 442 g/mol. The predicted octanol–water partition coefficient (Wildman–Crippen LogP) is 7.29. The van der Waals surface area contributed by atoms with Crippen LogP contribution < -0.4 is 0 Å². The standard InChI is InChI=1S/C26H32Cl2N2/c1-30(19-16-21-10-4-2-5-11-21)18-9-17-26(20-29,22-12-6-3-7-13-22)25-23(27)14-8-15-24(25)28/h2,4-5,8,10-11,14-15,22H,3,6-7,9,12-13,16-19H2,1H3. The van der Waals surface area contributed by atoms with E-state index in [-0.39, 0.29) is 0 Å². The Bertz CT molecular complexity index is 820. The third-order valence-corrected chi connectivity index (χ3v) is 7.28. The van der Waals surface area contributed by atoms with Crippen LogP contribution in [0.2, 0.25) is 10.0 Å². The first kappa shape index (κ1) is 23.1. The van der Waals surface area contributed by atoms with Crippen molar-refractivity contribution in [3.05, 3.63) is 69.7 Å². The Hall–Kier alpha value is -1.53. The summed E-state index contributed by atoms with van der Waals surface area (Å²) in [7, 11) is 2.17. The third-order valence-electron chi connectivity index (χ3n) is 6.65. The van der Waals surface area contributed by atoms with Crippen molar-refractivity contribution in [3.63, 3.8) is 0 Å². The molecule has 0 heterocycles. The van der Waals surface area contributed by atoms with Crippen LogP contribution in [0.4, 0.5) is 0 Å². The van der Waals surface area contributed by atoms with Crippen LogP contribution in [0, 0.1) is 17.2 Å². The summed E-state index contributed by atoms with van der Waals surface area (Å²) in [5.74, 6) is 0.322. The van der Waals surface area contributed by atoms with Crippen LogP contribution in [0.1, 0.15) is 56.1 Å². The van der Waals surface area contributed by atoms with Gasteiger partial charge in [-0.05, 0) is 69.3 Å². The molecule has 2 nitrogen and oxygen atoms in total. The van der Waals surface area contributed by atoms with Gasteiger partial charge in [0.25, 0.3) is 0 Å². The van der Waals surface area contributed by atoms with Gasteiger partial charge in [0.05, 0.1) is 11.5 Å². The van der Waals surface area contributed by atoms with Crippen LogP contribution in [0.5, 0.6) is 0 Å². The van der Waals surface area contributed by atoms with Crippen molar-refractivity contribution >= 4 is 23.2 Å². The van der Waals surface area contributed by atoms with Crippen LogP contribution in [0.25, 0.3) is 0 Å². The first-order valence-electron chi connectivity index (χ1n) is 11.1. The maximum atomic E-state index is 10.5. The minimum atomic E-state index is -0.601. The summed E-state index contributed by atoms with van der Waals surface area (Å²) >= 11 is 13.2. The van der Waals surface area contributed by atoms with Crippen LogP contribution in [0.15, 0.2) is 48.5 Å². The first-order chi connectivity index (χ1) is 14.6. The Kier molecular flexibility index (Phi) is 8.63. The molecular weight excluding hydrogens is 411 g/mol. The van der Waals surface area contributed by atoms with Gasteiger partial charge >= 0.3 is 0 Å². The van der Waals surface area contributed by atoms with Gasteiger partial charge in [0.2, 0.25) is 0 Å². The van der Waals surface area contributed by atoms with E-state index in [0.717, 1.165) is 50.8 Å². The summed E-state index contributed by atoms with van der Waals surface area (Å²) in [6, 6.07) is 18.9. The second-order valence-corrected chi connectivity index (χ2v) is 9.47. The highest BCUT2D eigenvalue weighted by molar-refractivity contribution is 6.36. The van der Waals surface area contributed by atoms with Gasteiger partial charge in [0.15, 0.2) is 0 Å². The summed E-state index contributed by atoms with van der Waals surface area (Å²) in [4.78, 5) is 2.37. The van der Waals surface area contributed by atoms with Gasteiger partial charge in [-0.2, -0.15) is 5.26 Å². The summed E-state index contributed by atoms with van der Waals surface area (Å²) in [6.45, 7) is 1.98. The smallest absolute Gasteiger partial charge is 0.0879 e. The van der Waals surface area contributed by atoms with Crippen molar-refractivity contribution < 1.29 is 0 Å². The summed E-state index contributed by atoms with van der Waals surface area (Å²) in [6.07, 6.45) is 8.60. The average molecular weight is 443 g/mol. The molecule has 0 aliphatic heterocycles. The van der Waals surface area contributed by atoms with E-state index in [1.165, 1.54) is 24.8 Å². The highest BCUT2D eigenvalue weighted by Gasteiger charge is 2.43. The minimum Gasteiger partial charge on any atom is -0.306 e. The van der Waals surface area contributed by atoms with Gasteiger partial charge < -0.3 is 4.90 Å². The third kappa shape index (κ3) is 5.58. The molecule has 1 atom stereocenters. The molecule has 160 valence electrons. The molecule has 1 fully saturated rings. The van der Waals surface area contributed by atoms with E-state index in [0.29, 0.717) is 16.0 Å². The van der Waals surface area contributed by atoms with E-state index in [4.69, 9.17) is 23.2 Å². The lowest BCUT2D eigenvalue weighted by atomic mass is 9.63. The Morgan fingerprint density at radius 2 is 1.63 bits per heavy atom. The van der Waals surface area contributed by atoms with Crippen molar-refractivity contribution in [1.82, 2.24) is 4.90 Å². The second-order valence-electron chi connectivity index (χ2n) is 8.66. The van der Waals surface area contributed by atoms with Crippen LogP contribution in [-0.4, -0.2) is 25.0 Å². The highest BCUT2D eigenvalue weighted by atomic mass is 35.5. The van der Waals surface area contributed by atoms with Gasteiger partial charge in [-0.15, -0.1) is 0 Å². The maximum absolute atomic E-state index is 10.5. The Balaban J connectivity index is 1.70. The molecule has 2 aromatic rings. The molecule has 0 amide bonds. The van der Waals surface area contributed by atoms with Crippen molar-refractivity contribution in [1.29, 1.82) is 5.26 Å². The molecule has 2 aromatic carbocycles. The summed E-state index contributed by atoms with van der Waals surface area (Å²) in [5, 5.41) is 11.7. The van der Waals surface area contributed by atoms with Gasteiger partial charge in [-0.3, -0.25) is 0 Å². The number of nitriles is 1. The first-order valence-corrected chi connectivity index (χ1v) is 11.9. The van der Waals surface area contributed by atoms with E-state index < -0.39 is 5.41 Å². The van der Waals surface area contributed by atoms with Crippen molar-refractivity contribution in [3.8, 4) is 6.07 Å². The Morgan fingerprint density at radius 3 is 2.27 bits per heavy atom. The number of rotatable bonds is 9. The molecule has 1 aliphatic rings. The summed E-state index contributed by atoms with van der Waals surface area (Å²) < 4.78 is 0. The van der Waals surface area contributed by atoms with E-state index >= 15 is 0 Å². The molecule has 4 heteroatoms. The van der Waals surface area contributed by atoms with Gasteiger partial charge in [0, 0.05) is 22.2 Å². The number of likely N-dealkylation sites (N-methyl/N-ethyl adjacent to an activating group) is 1. The van der Waals surface area contributed by atoms with E-state index in [1.54, 1.807) is 0 Å². The lowest BCUT2D eigenvalue weighted by Crippen LogP contribution is -2.37. The van der Waals surface area contributed by atoms with E-state index in [1.807, 2.05) is 18.2 Å². The van der Waals surface area contributed by atoms with Crippen molar-refractivity contribution in [2.75, 3.05) is 20.1 Å². The SMILES string of the molecule is CN(CCCC(C#N)(c1c(Cl)cccc1Cl)C1CCCCC1)CCc1ccccc1. The lowest BCUT2D eigenvalue weighted by molar-refractivity contribution is 0.224. The number of halogens is 2. The molecule has 0 radical (unpaired) electrons. The molecule has 0 N–H and O–H groups in total. The molecule has 1 saturated carbocycles. The van der Waals surface area contributed by atoms with Crippen LogP contribution >= 0.6 is 23.2 Å².